The van der Waals surface area contributed by atoms with Gasteiger partial charge in [0.25, 0.3) is 0 Å². The highest BCUT2D eigenvalue weighted by Gasteiger charge is 2.07. The summed E-state index contributed by atoms with van der Waals surface area (Å²) < 4.78 is 0. The summed E-state index contributed by atoms with van der Waals surface area (Å²) in [5.74, 6) is 0.700. The number of hydrogen-bond acceptors (Lipinski definition) is 2. The third-order valence-electron chi connectivity index (χ3n) is 1.96. The Morgan fingerprint density at radius 3 is 2.91 bits per heavy atom. The molecule has 0 saturated carbocycles. The average Bonchev–Trinajstić information content (AvgIpc) is 2.52. The van der Waals surface area contributed by atoms with Crippen molar-refractivity contribution in [3.63, 3.8) is 0 Å². The van der Waals surface area contributed by atoms with E-state index in [2.05, 4.69) is 29.1 Å². The van der Waals surface area contributed by atoms with E-state index in [4.69, 9.17) is 0 Å². The molecule has 1 aromatic rings. The van der Waals surface area contributed by atoms with Crippen LogP contribution in [0, 0.1) is 0 Å². The first kappa shape index (κ1) is 8.75. The normalized spacial score (nSPS) is 13.3. The van der Waals surface area contributed by atoms with Crippen LogP contribution < -0.4 is 5.32 Å². The van der Waals surface area contributed by atoms with Gasteiger partial charge in [0, 0.05) is 6.54 Å². The minimum Gasteiger partial charge on any atom is -0.319 e. The van der Waals surface area contributed by atoms with Crippen LogP contribution in [0.2, 0.25) is 0 Å². The zero-order valence-corrected chi connectivity index (χ0v) is 7.95. The van der Waals surface area contributed by atoms with Crippen molar-refractivity contribution in [1.82, 2.24) is 5.32 Å². The van der Waals surface area contributed by atoms with Crippen LogP contribution in [0.5, 0.6) is 0 Å². The molecule has 0 fully saturated rings. The van der Waals surface area contributed by atoms with Crippen LogP contribution >= 0.6 is 11.3 Å². The van der Waals surface area contributed by atoms with Crippen molar-refractivity contribution in [3.05, 3.63) is 22.4 Å². The zero-order valence-electron chi connectivity index (χ0n) is 7.13. The molecule has 1 rings (SSSR count). The molecular weight excluding hydrogens is 154 g/mol. The van der Waals surface area contributed by atoms with Crippen molar-refractivity contribution in [2.45, 2.75) is 19.3 Å². The lowest BCUT2D eigenvalue weighted by atomic mass is 10.00. The van der Waals surface area contributed by atoms with Crippen LogP contribution in [0.4, 0.5) is 0 Å². The predicted molar refractivity (Wildman–Crippen MR) is 51.3 cm³/mol. The number of likely N-dealkylation sites (N-methyl/N-ethyl adjacent to an activating group) is 1. The summed E-state index contributed by atoms with van der Waals surface area (Å²) in [6, 6.07) is 2.22. The van der Waals surface area contributed by atoms with Gasteiger partial charge in [0.1, 0.15) is 0 Å². The second kappa shape index (κ2) is 4.52. The molecule has 0 amide bonds. The molecule has 0 spiro atoms. The SMILES string of the molecule is CCC(CNC)c1ccsc1. The topological polar surface area (TPSA) is 12.0 Å². The van der Waals surface area contributed by atoms with Gasteiger partial charge in [-0.1, -0.05) is 6.92 Å². The lowest BCUT2D eigenvalue weighted by molar-refractivity contribution is 0.613. The van der Waals surface area contributed by atoms with Gasteiger partial charge in [-0.25, -0.2) is 0 Å². The van der Waals surface area contributed by atoms with Crippen LogP contribution in [0.1, 0.15) is 24.8 Å². The molecule has 2 heteroatoms. The van der Waals surface area contributed by atoms with E-state index in [0.717, 1.165) is 6.54 Å². The van der Waals surface area contributed by atoms with Gasteiger partial charge in [-0.05, 0) is 41.8 Å². The Kier molecular flexibility index (Phi) is 3.60. The second-order valence-corrected chi connectivity index (χ2v) is 3.50. The van der Waals surface area contributed by atoms with Gasteiger partial charge in [-0.3, -0.25) is 0 Å². The lowest BCUT2D eigenvalue weighted by Gasteiger charge is -2.11. The highest BCUT2D eigenvalue weighted by atomic mass is 32.1. The summed E-state index contributed by atoms with van der Waals surface area (Å²) in [4.78, 5) is 0. The molecule has 1 heterocycles. The second-order valence-electron chi connectivity index (χ2n) is 2.72. The molecule has 0 radical (unpaired) electrons. The standard InChI is InChI=1S/C9H15NS/c1-3-8(6-10-2)9-4-5-11-7-9/h4-5,7-8,10H,3,6H2,1-2H3. The summed E-state index contributed by atoms with van der Waals surface area (Å²) in [6.45, 7) is 3.33. The van der Waals surface area contributed by atoms with E-state index in [1.54, 1.807) is 11.3 Å². The minimum absolute atomic E-state index is 0.700. The predicted octanol–water partition coefficient (Wildman–Crippen LogP) is 2.46. The van der Waals surface area contributed by atoms with Gasteiger partial charge in [0.05, 0.1) is 0 Å². The fraction of sp³-hybridized carbons (Fsp3) is 0.556. The van der Waals surface area contributed by atoms with Crippen molar-refractivity contribution in [1.29, 1.82) is 0 Å². The molecule has 0 aliphatic rings. The summed E-state index contributed by atoms with van der Waals surface area (Å²) in [7, 11) is 2.01. The molecule has 62 valence electrons. The van der Waals surface area contributed by atoms with E-state index in [1.165, 1.54) is 12.0 Å². The van der Waals surface area contributed by atoms with E-state index >= 15 is 0 Å². The first-order valence-corrected chi connectivity index (χ1v) is 4.99. The maximum absolute atomic E-state index is 3.21. The van der Waals surface area contributed by atoms with E-state index < -0.39 is 0 Å². The number of nitrogens with one attached hydrogen (secondary N) is 1. The molecule has 0 aliphatic heterocycles. The Morgan fingerprint density at radius 1 is 1.64 bits per heavy atom. The van der Waals surface area contributed by atoms with Gasteiger partial charge >= 0.3 is 0 Å². The molecule has 0 saturated heterocycles. The summed E-state index contributed by atoms with van der Waals surface area (Å²) in [5.41, 5.74) is 1.48. The van der Waals surface area contributed by atoms with E-state index in [-0.39, 0.29) is 0 Å². The van der Waals surface area contributed by atoms with Gasteiger partial charge in [-0.15, -0.1) is 0 Å². The minimum atomic E-state index is 0.700. The molecule has 11 heavy (non-hydrogen) atoms. The quantitative estimate of drug-likeness (QED) is 0.730. The van der Waals surface area contributed by atoms with Crippen molar-refractivity contribution < 1.29 is 0 Å². The summed E-state index contributed by atoms with van der Waals surface area (Å²) in [6.07, 6.45) is 1.22. The Labute approximate surface area is 72.4 Å². The van der Waals surface area contributed by atoms with Gasteiger partial charge in [0.15, 0.2) is 0 Å². The van der Waals surface area contributed by atoms with Crippen LogP contribution in [-0.2, 0) is 0 Å². The molecule has 1 atom stereocenters. The first-order valence-electron chi connectivity index (χ1n) is 4.05. The van der Waals surface area contributed by atoms with Gasteiger partial charge in [0.2, 0.25) is 0 Å². The molecule has 1 unspecified atom stereocenters. The molecule has 0 bridgehead atoms. The maximum atomic E-state index is 3.21. The first-order chi connectivity index (χ1) is 5.38. The van der Waals surface area contributed by atoms with E-state index in [1.807, 2.05) is 7.05 Å². The van der Waals surface area contributed by atoms with Crippen LogP contribution in [0.15, 0.2) is 16.8 Å². The lowest BCUT2D eigenvalue weighted by Crippen LogP contribution is -2.15. The number of hydrogen-bond donors (Lipinski definition) is 1. The van der Waals surface area contributed by atoms with Crippen molar-refractivity contribution in [2.75, 3.05) is 13.6 Å². The fourth-order valence-corrected chi connectivity index (χ4v) is 1.99. The smallest absolute Gasteiger partial charge is 0.00173 e. The molecule has 1 aromatic heterocycles. The largest absolute Gasteiger partial charge is 0.319 e. The monoisotopic (exact) mass is 169 g/mol. The Balaban J connectivity index is 2.56. The molecule has 1 N–H and O–H groups in total. The Hall–Kier alpha value is -0.340. The van der Waals surface area contributed by atoms with Crippen molar-refractivity contribution in [3.8, 4) is 0 Å². The fourth-order valence-electron chi connectivity index (χ4n) is 1.25. The van der Waals surface area contributed by atoms with E-state index in [0.29, 0.717) is 5.92 Å². The van der Waals surface area contributed by atoms with Crippen LogP contribution in [0.3, 0.4) is 0 Å². The van der Waals surface area contributed by atoms with Crippen molar-refractivity contribution in [2.24, 2.45) is 0 Å². The Morgan fingerprint density at radius 2 is 2.45 bits per heavy atom. The third kappa shape index (κ3) is 2.31. The average molecular weight is 169 g/mol. The molecular formula is C9H15NS. The summed E-state index contributed by atoms with van der Waals surface area (Å²) >= 11 is 1.78. The highest BCUT2D eigenvalue weighted by Crippen LogP contribution is 2.20. The van der Waals surface area contributed by atoms with Crippen LogP contribution in [-0.4, -0.2) is 13.6 Å². The maximum Gasteiger partial charge on any atom is 0.00173 e. The van der Waals surface area contributed by atoms with Crippen LogP contribution in [0.25, 0.3) is 0 Å². The van der Waals surface area contributed by atoms with Gasteiger partial charge < -0.3 is 5.32 Å². The number of rotatable bonds is 4. The molecule has 0 aromatic carbocycles. The molecule has 0 aliphatic carbocycles. The highest BCUT2D eigenvalue weighted by molar-refractivity contribution is 7.07. The van der Waals surface area contributed by atoms with Gasteiger partial charge in [-0.2, -0.15) is 11.3 Å². The Bertz CT molecular complexity index is 181. The summed E-state index contributed by atoms with van der Waals surface area (Å²) in [5, 5.41) is 7.60. The molecule has 1 nitrogen and oxygen atoms in total. The number of thiophene rings is 1. The van der Waals surface area contributed by atoms with Crippen molar-refractivity contribution >= 4 is 11.3 Å². The third-order valence-corrected chi connectivity index (χ3v) is 2.66. The van der Waals surface area contributed by atoms with E-state index in [9.17, 15) is 0 Å². The zero-order chi connectivity index (χ0) is 8.10.